The van der Waals surface area contributed by atoms with Crippen LogP contribution >= 0.6 is 0 Å². The Morgan fingerprint density at radius 1 is 1.58 bits per heavy atom. The summed E-state index contributed by atoms with van der Waals surface area (Å²) in [5.41, 5.74) is 0. The highest BCUT2D eigenvalue weighted by Gasteiger charge is 2.01. The molecule has 5 heteroatoms. The molecule has 0 bridgehead atoms. The van der Waals surface area contributed by atoms with Crippen molar-refractivity contribution in [3.8, 4) is 0 Å². The minimum Gasteiger partial charge on any atom is -0.467 e. The van der Waals surface area contributed by atoms with Crippen LogP contribution in [0, 0.1) is 0 Å². The van der Waals surface area contributed by atoms with Gasteiger partial charge in [-0.3, -0.25) is 4.79 Å². The van der Waals surface area contributed by atoms with E-state index in [1.165, 1.54) is 0 Å². The average Bonchev–Trinajstić information content (AvgIpc) is 2.11. The third-order valence-corrected chi connectivity index (χ3v) is 2.40. The van der Waals surface area contributed by atoms with Crippen molar-refractivity contribution in [1.29, 1.82) is 0 Å². The summed E-state index contributed by atoms with van der Waals surface area (Å²) in [5, 5.41) is 0. The summed E-state index contributed by atoms with van der Waals surface area (Å²) in [4.78, 5) is 10.6. The number of esters is 1. The van der Waals surface area contributed by atoms with E-state index >= 15 is 0 Å². The van der Waals surface area contributed by atoms with Crippen LogP contribution in [-0.2, 0) is 18.7 Å². The summed E-state index contributed by atoms with van der Waals surface area (Å²) >= 11 is 0. The molecular weight excluding hydrogens is 176 g/mol. The molecule has 1 unspecified atom stereocenters. The Morgan fingerprint density at radius 2 is 2.25 bits per heavy atom. The van der Waals surface area contributed by atoms with Gasteiger partial charge in [0, 0.05) is 13.5 Å². The number of methoxy groups -OCH3 is 1. The van der Waals surface area contributed by atoms with Crippen LogP contribution in [-0.4, -0.2) is 35.4 Å². The first kappa shape index (κ1) is 11.6. The molecule has 4 nitrogen and oxygen atoms in total. The molecule has 1 atom stereocenters. The summed E-state index contributed by atoms with van der Waals surface area (Å²) in [5.74, 6) is -0.170. The van der Waals surface area contributed by atoms with E-state index in [-0.39, 0.29) is 12.3 Å². The zero-order chi connectivity index (χ0) is 9.40. The average molecular weight is 192 g/mol. The van der Waals surface area contributed by atoms with Crippen molar-refractivity contribution in [2.45, 2.75) is 26.6 Å². The van der Waals surface area contributed by atoms with Crippen LogP contribution in [0.1, 0.15) is 20.3 Å². The normalized spacial score (nSPS) is 13.6. The van der Waals surface area contributed by atoms with E-state index in [1.54, 1.807) is 14.0 Å². The molecule has 0 aliphatic rings. The molecule has 0 heterocycles. The Bertz CT molecular complexity index is 129. The first-order valence-corrected chi connectivity index (χ1v) is 5.58. The van der Waals surface area contributed by atoms with E-state index in [4.69, 9.17) is 13.9 Å². The van der Waals surface area contributed by atoms with Gasteiger partial charge in [0.15, 0.2) is 0 Å². The fourth-order valence-corrected chi connectivity index (χ4v) is 1.41. The van der Waals surface area contributed by atoms with Crippen molar-refractivity contribution in [3.05, 3.63) is 0 Å². The van der Waals surface area contributed by atoms with Crippen LogP contribution in [0.4, 0.5) is 0 Å². The lowest BCUT2D eigenvalue weighted by atomic mass is 10.5. The molecule has 0 rings (SSSR count). The van der Waals surface area contributed by atoms with Crippen LogP contribution in [0.3, 0.4) is 0 Å². The Morgan fingerprint density at radius 3 is 2.75 bits per heavy atom. The maximum atomic E-state index is 10.6. The molecule has 0 N–H and O–H groups in total. The predicted molar refractivity (Wildman–Crippen MR) is 47.4 cm³/mol. The second kappa shape index (κ2) is 7.27. The van der Waals surface area contributed by atoms with Gasteiger partial charge in [-0.25, -0.2) is 0 Å². The third kappa shape index (κ3) is 6.33. The zero-order valence-electron chi connectivity index (χ0n) is 7.83. The van der Waals surface area contributed by atoms with Crippen molar-refractivity contribution in [2.24, 2.45) is 0 Å². The molecule has 0 spiro atoms. The van der Waals surface area contributed by atoms with E-state index < -0.39 is 9.76 Å². The smallest absolute Gasteiger partial charge is 0.305 e. The van der Waals surface area contributed by atoms with Gasteiger partial charge in [-0.05, 0) is 6.92 Å². The summed E-state index contributed by atoms with van der Waals surface area (Å²) in [6.07, 6.45) is 0.672. The first-order valence-electron chi connectivity index (χ1n) is 4.00. The lowest BCUT2D eigenvalue weighted by molar-refractivity contribution is -0.141. The molecule has 72 valence electrons. The number of rotatable bonds is 6. The molecule has 0 aromatic heterocycles. The van der Waals surface area contributed by atoms with E-state index in [0.29, 0.717) is 12.7 Å². The third-order valence-electron chi connectivity index (χ3n) is 1.32. The fourth-order valence-electron chi connectivity index (χ4n) is 0.540. The van der Waals surface area contributed by atoms with E-state index in [0.717, 1.165) is 0 Å². The SMILES string of the molecule is CCC(=O)OC[SiH2]OC(C)OC. The van der Waals surface area contributed by atoms with Gasteiger partial charge in [0.25, 0.3) is 0 Å². The zero-order valence-corrected chi connectivity index (χ0v) is 9.25. The topological polar surface area (TPSA) is 44.8 Å². The second-order valence-corrected chi connectivity index (χ2v) is 3.40. The molecule has 0 saturated carbocycles. The summed E-state index contributed by atoms with van der Waals surface area (Å²) in [6, 6.07) is 0. The van der Waals surface area contributed by atoms with Crippen LogP contribution < -0.4 is 0 Å². The minimum atomic E-state index is -0.767. The largest absolute Gasteiger partial charge is 0.467 e. The fraction of sp³-hybridized carbons (Fsp3) is 0.857. The maximum absolute atomic E-state index is 10.6. The Labute approximate surface area is 75.1 Å². The highest BCUT2D eigenvalue weighted by atomic mass is 28.2. The molecule has 0 fully saturated rings. The number of carbonyl (C=O) groups excluding carboxylic acids is 1. The molecular formula is C7H16O4Si. The van der Waals surface area contributed by atoms with Gasteiger partial charge in [0.2, 0.25) is 9.76 Å². The van der Waals surface area contributed by atoms with E-state index in [9.17, 15) is 4.79 Å². The Hall–Kier alpha value is -0.393. The highest BCUT2D eigenvalue weighted by Crippen LogP contribution is 1.89. The lowest BCUT2D eigenvalue weighted by Gasteiger charge is -2.10. The van der Waals surface area contributed by atoms with Gasteiger partial charge in [-0.1, -0.05) is 6.92 Å². The molecule has 0 radical (unpaired) electrons. The molecule has 0 aliphatic carbocycles. The second-order valence-electron chi connectivity index (χ2n) is 2.25. The predicted octanol–water partition coefficient (Wildman–Crippen LogP) is -0.0101. The van der Waals surface area contributed by atoms with Gasteiger partial charge < -0.3 is 13.9 Å². The van der Waals surface area contributed by atoms with Crippen molar-refractivity contribution in [1.82, 2.24) is 0 Å². The van der Waals surface area contributed by atoms with Gasteiger partial charge >= 0.3 is 5.97 Å². The maximum Gasteiger partial charge on any atom is 0.305 e. The number of carbonyl (C=O) groups is 1. The molecule has 0 aliphatic heterocycles. The number of hydrogen-bond acceptors (Lipinski definition) is 4. The standard InChI is InChI=1S/C7H16O4Si/c1-4-7(8)10-5-12-11-6(2)9-3/h6H,4-5,12H2,1-3H3. The van der Waals surface area contributed by atoms with Crippen molar-refractivity contribution >= 4 is 15.7 Å². The summed E-state index contributed by atoms with van der Waals surface area (Å²) in [6.45, 7) is 3.58. The minimum absolute atomic E-state index is 0.170. The van der Waals surface area contributed by atoms with Crippen molar-refractivity contribution in [2.75, 3.05) is 13.3 Å². The van der Waals surface area contributed by atoms with Crippen LogP contribution in [0.25, 0.3) is 0 Å². The quantitative estimate of drug-likeness (QED) is 0.257. The Balaban J connectivity index is 3.15. The van der Waals surface area contributed by atoms with Crippen LogP contribution in [0.5, 0.6) is 0 Å². The van der Waals surface area contributed by atoms with Crippen LogP contribution in [0.2, 0.25) is 0 Å². The lowest BCUT2D eigenvalue weighted by Crippen LogP contribution is -2.19. The van der Waals surface area contributed by atoms with Crippen LogP contribution in [0.15, 0.2) is 0 Å². The first-order chi connectivity index (χ1) is 5.70. The summed E-state index contributed by atoms with van der Waals surface area (Å²) in [7, 11) is 0.813. The molecule has 0 aromatic carbocycles. The monoisotopic (exact) mass is 192 g/mol. The molecule has 0 aromatic rings. The molecule has 0 saturated heterocycles. The molecule has 0 amide bonds. The number of ether oxygens (including phenoxy) is 2. The molecule has 12 heavy (non-hydrogen) atoms. The summed E-state index contributed by atoms with van der Waals surface area (Å²) < 4.78 is 14.9. The Kier molecular flexibility index (Phi) is 7.03. The van der Waals surface area contributed by atoms with Crippen molar-refractivity contribution < 1.29 is 18.7 Å². The van der Waals surface area contributed by atoms with E-state index in [2.05, 4.69) is 0 Å². The van der Waals surface area contributed by atoms with Crippen molar-refractivity contribution in [3.63, 3.8) is 0 Å². The number of hydrogen-bond donors (Lipinski definition) is 0. The highest BCUT2D eigenvalue weighted by molar-refractivity contribution is 6.27. The van der Waals surface area contributed by atoms with Gasteiger partial charge in [-0.15, -0.1) is 0 Å². The van der Waals surface area contributed by atoms with Gasteiger partial charge in [0.1, 0.15) is 12.5 Å². The van der Waals surface area contributed by atoms with Gasteiger partial charge in [-0.2, -0.15) is 0 Å². The van der Waals surface area contributed by atoms with E-state index in [1.807, 2.05) is 6.92 Å². The van der Waals surface area contributed by atoms with Gasteiger partial charge in [0.05, 0.1) is 0 Å².